The van der Waals surface area contributed by atoms with Crippen LogP contribution in [0.1, 0.15) is 22.8 Å². The van der Waals surface area contributed by atoms with Crippen molar-refractivity contribution in [1.29, 1.82) is 5.26 Å². The maximum absolute atomic E-state index is 12.9. The van der Waals surface area contributed by atoms with Crippen molar-refractivity contribution in [2.45, 2.75) is 13.8 Å². The number of benzene rings is 1. The van der Waals surface area contributed by atoms with E-state index in [0.29, 0.717) is 17.7 Å². The van der Waals surface area contributed by atoms with Gasteiger partial charge in [0, 0.05) is 12.1 Å². The Hall–Kier alpha value is -1.89. The van der Waals surface area contributed by atoms with E-state index in [2.05, 4.69) is 0 Å². The number of nitriles is 1. The van der Waals surface area contributed by atoms with Gasteiger partial charge in [-0.25, -0.2) is 4.39 Å². The number of halogens is 1. The lowest BCUT2D eigenvalue weighted by Crippen LogP contribution is -2.31. The number of carbonyl (C=O) groups is 1. The molecule has 1 amide bonds. The Kier molecular flexibility index (Phi) is 4.01. The van der Waals surface area contributed by atoms with E-state index < -0.39 is 0 Å². The molecule has 0 aliphatic carbocycles. The second kappa shape index (κ2) is 5.26. The van der Waals surface area contributed by atoms with Crippen molar-refractivity contribution in [3.05, 3.63) is 35.1 Å². The first kappa shape index (κ1) is 12.2. The lowest BCUT2D eigenvalue weighted by molar-refractivity contribution is 0.0783. The fourth-order valence-corrected chi connectivity index (χ4v) is 1.45. The number of hydrogen-bond acceptors (Lipinski definition) is 2. The molecule has 84 valence electrons. The minimum atomic E-state index is -0.364. The Bertz CT molecular complexity index is 437. The maximum atomic E-state index is 12.9. The van der Waals surface area contributed by atoms with Crippen LogP contribution in [0.15, 0.2) is 18.2 Å². The van der Waals surface area contributed by atoms with Crippen LogP contribution in [0.5, 0.6) is 0 Å². The lowest BCUT2D eigenvalue weighted by atomic mass is 10.1. The summed E-state index contributed by atoms with van der Waals surface area (Å²) in [5, 5.41) is 8.57. The molecule has 0 bridgehead atoms. The first-order valence-corrected chi connectivity index (χ1v) is 5.02. The number of nitrogens with zero attached hydrogens (tertiary/aromatic N) is 2. The van der Waals surface area contributed by atoms with E-state index in [9.17, 15) is 9.18 Å². The molecule has 0 spiro atoms. The van der Waals surface area contributed by atoms with Crippen LogP contribution < -0.4 is 0 Å². The van der Waals surface area contributed by atoms with Gasteiger partial charge in [-0.1, -0.05) is 0 Å². The van der Waals surface area contributed by atoms with Crippen molar-refractivity contribution in [1.82, 2.24) is 4.90 Å². The van der Waals surface area contributed by atoms with Gasteiger partial charge < -0.3 is 4.90 Å². The Balaban J connectivity index is 3.00. The highest BCUT2D eigenvalue weighted by atomic mass is 19.1. The average molecular weight is 220 g/mol. The second-order valence-corrected chi connectivity index (χ2v) is 3.44. The molecule has 1 aromatic carbocycles. The number of hydrogen-bond donors (Lipinski definition) is 0. The Morgan fingerprint density at radius 1 is 1.56 bits per heavy atom. The fourth-order valence-electron chi connectivity index (χ4n) is 1.45. The Morgan fingerprint density at radius 2 is 2.25 bits per heavy atom. The van der Waals surface area contributed by atoms with Gasteiger partial charge in [-0.2, -0.15) is 5.26 Å². The smallest absolute Gasteiger partial charge is 0.254 e. The minimum absolute atomic E-state index is 0.0478. The summed E-state index contributed by atoms with van der Waals surface area (Å²) in [6.45, 7) is 3.99. The van der Waals surface area contributed by atoms with Crippen LogP contribution in [0.25, 0.3) is 0 Å². The zero-order valence-electron chi connectivity index (χ0n) is 9.33. The van der Waals surface area contributed by atoms with E-state index in [1.807, 2.05) is 6.07 Å². The van der Waals surface area contributed by atoms with Crippen molar-refractivity contribution < 1.29 is 9.18 Å². The Morgan fingerprint density at radius 3 is 2.75 bits per heavy atom. The molecule has 4 heteroatoms. The van der Waals surface area contributed by atoms with Crippen molar-refractivity contribution in [3.8, 4) is 6.07 Å². The van der Waals surface area contributed by atoms with Crippen LogP contribution in [0.3, 0.4) is 0 Å². The van der Waals surface area contributed by atoms with E-state index in [1.165, 1.54) is 23.1 Å². The Labute approximate surface area is 94.1 Å². The summed E-state index contributed by atoms with van der Waals surface area (Å²) in [4.78, 5) is 13.4. The predicted molar refractivity (Wildman–Crippen MR) is 58.3 cm³/mol. The molecule has 0 fully saturated rings. The predicted octanol–water partition coefficient (Wildman–Crippen LogP) is 2.12. The van der Waals surface area contributed by atoms with Gasteiger partial charge in [-0.3, -0.25) is 4.79 Å². The van der Waals surface area contributed by atoms with Gasteiger partial charge in [0.1, 0.15) is 12.4 Å². The molecule has 0 saturated carbocycles. The third-order valence-electron chi connectivity index (χ3n) is 2.35. The topological polar surface area (TPSA) is 44.1 Å². The van der Waals surface area contributed by atoms with E-state index in [4.69, 9.17) is 5.26 Å². The van der Waals surface area contributed by atoms with Crippen LogP contribution in [0.4, 0.5) is 4.39 Å². The van der Waals surface area contributed by atoms with Crippen LogP contribution in [-0.2, 0) is 0 Å². The molecule has 1 aromatic rings. The van der Waals surface area contributed by atoms with Crippen molar-refractivity contribution in [2.75, 3.05) is 13.1 Å². The molecule has 0 atom stereocenters. The largest absolute Gasteiger partial charge is 0.326 e. The van der Waals surface area contributed by atoms with Crippen molar-refractivity contribution >= 4 is 5.91 Å². The summed E-state index contributed by atoms with van der Waals surface area (Å²) < 4.78 is 12.9. The van der Waals surface area contributed by atoms with Gasteiger partial charge in [0.15, 0.2) is 0 Å². The summed E-state index contributed by atoms with van der Waals surface area (Å²) in [6.07, 6.45) is 0. The van der Waals surface area contributed by atoms with Gasteiger partial charge >= 0.3 is 0 Å². The van der Waals surface area contributed by atoms with Crippen LogP contribution in [0.2, 0.25) is 0 Å². The fraction of sp³-hybridized carbons (Fsp3) is 0.333. The van der Waals surface area contributed by atoms with E-state index in [0.717, 1.165) is 0 Å². The monoisotopic (exact) mass is 220 g/mol. The van der Waals surface area contributed by atoms with Crippen molar-refractivity contribution in [2.24, 2.45) is 0 Å². The molecule has 0 radical (unpaired) electrons. The molecule has 0 heterocycles. The van der Waals surface area contributed by atoms with Crippen LogP contribution >= 0.6 is 0 Å². The number of amides is 1. The SMILES string of the molecule is CCN(CC#N)C(=O)c1ccc(F)cc1C. The quantitative estimate of drug-likeness (QED) is 0.732. The van der Waals surface area contributed by atoms with Crippen LogP contribution in [0, 0.1) is 24.1 Å². The molecule has 0 aromatic heterocycles. The number of aryl methyl sites for hydroxylation is 1. The number of rotatable bonds is 3. The normalized spacial score (nSPS) is 9.62. The molecule has 0 aliphatic rings. The minimum Gasteiger partial charge on any atom is -0.326 e. The van der Waals surface area contributed by atoms with Gasteiger partial charge in [-0.05, 0) is 37.6 Å². The molecule has 0 saturated heterocycles. The third kappa shape index (κ3) is 2.57. The van der Waals surface area contributed by atoms with Gasteiger partial charge in [0.05, 0.1) is 6.07 Å². The van der Waals surface area contributed by atoms with Gasteiger partial charge in [-0.15, -0.1) is 0 Å². The molecule has 16 heavy (non-hydrogen) atoms. The molecule has 0 N–H and O–H groups in total. The standard InChI is InChI=1S/C12H13FN2O/c1-3-15(7-6-14)12(16)11-5-4-10(13)8-9(11)2/h4-5,8H,3,7H2,1-2H3. The number of carbonyl (C=O) groups excluding carboxylic acids is 1. The van der Waals surface area contributed by atoms with Crippen LogP contribution in [-0.4, -0.2) is 23.9 Å². The summed E-state index contributed by atoms with van der Waals surface area (Å²) in [5.41, 5.74) is 1.03. The summed E-state index contributed by atoms with van der Waals surface area (Å²) >= 11 is 0. The molecule has 1 rings (SSSR count). The van der Waals surface area contributed by atoms with Gasteiger partial charge in [0.2, 0.25) is 0 Å². The molecular weight excluding hydrogens is 207 g/mol. The molecular formula is C12H13FN2O. The summed E-state index contributed by atoms with van der Waals surface area (Å²) in [6, 6.07) is 5.95. The summed E-state index contributed by atoms with van der Waals surface area (Å²) in [5.74, 6) is -0.598. The van der Waals surface area contributed by atoms with Gasteiger partial charge in [0.25, 0.3) is 5.91 Å². The second-order valence-electron chi connectivity index (χ2n) is 3.44. The molecule has 0 unspecified atom stereocenters. The zero-order valence-corrected chi connectivity index (χ0v) is 9.33. The molecule has 3 nitrogen and oxygen atoms in total. The van der Waals surface area contributed by atoms with Crippen molar-refractivity contribution in [3.63, 3.8) is 0 Å². The highest BCUT2D eigenvalue weighted by molar-refractivity contribution is 5.95. The third-order valence-corrected chi connectivity index (χ3v) is 2.35. The maximum Gasteiger partial charge on any atom is 0.254 e. The highest BCUT2D eigenvalue weighted by Crippen LogP contribution is 2.12. The lowest BCUT2D eigenvalue weighted by Gasteiger charge is -2.18. The average Bonchev–Trinajstić information content (AvgIpc) is 2.25. The van der Waals surface area contributed by atoms with E-state index in [1.54, 1.807) is 13.8 Å². The first-order valence-electron chi connectivity index (χ1n) is 5.02. The first-order chi connectivity index (χ1) is 7.60. The zero-order chi connectivity index (χ0) is 12.1. The molecule has 0 aliphatic heterocycles. The van der Waals surface area contributed by atoms with E-state index in [-0.39, 0.29) is 18.3 Å². The highest BCUT2D eigenvalue weighted by Gasteiger charge is 2.15. The van der Waals surface area contributed by atoms with E-state index >= 15 is 0 Å². The summed E-state index contributed by atoms with van der Waals surface area (Å²) in [7, 11) is 0.